The molecule has 13 heavy (non-hydrogen) atoms. The number of nitrogens with zero attached hydrogens (tertiary/aromatic N) is 3. The highest BCUT2D eigenvalue weighted by atomic mass is 15.3. The molecule has 0 N–H and O–H groups in total. The highest BCUT2D eigenvalue weighted by molar-refractivity contribution is 4.87. The summed E-state index contributed by atoms with van der Waals surface area (Å²) >= 11 is 0. The maximum atomic E-state index is 4.21. The van der Waals surface area contributed by atoms with Gasteiger partial charge in [0.25, 0.3) is 0 Å². The van der Waals surface area contributed by atoms with Gasteiger partial charge in [0.15, 0.2) is 0 Å². The van der Waals surface area contributed by atoms with Crippen molar-refractivity contribution in [2.24, 2.45) is 5.92 Å². The van der Waals surface area contributed by atoms with Crippen molar-refractivity contribution in [1.29, 1.82) is 0 Å². The van der Waals surface area contributed by atoms with E-state index in [1.165, 1.54) is 0 Å². The molecule has 0 spiro atoms. The molecule has 0 aromatic carbocycles. The largest absolute Gasteiger partial charge is 0.250 e. The maximum Gasteiger partial charge on any atom is 0.138 e. The molecule has 0 aliphatic carbocycles. The number of hydrogen-bond acceptors (Lipinski definition) is 2. The van der Waals surface area contributed by atoms with Crippen LogP contribution in [0.4, 0.5) is 0 Å². The summed E-state index contributed by atoms with van der Waals surface area (Å²) < 4.78 is 1.98. The maximum absolute atomic E-state index is 4.21. The van der Waals surface area contributed by atoms with Crippen LogP contribution >= 0.6 is 0 Å². The molecular formula is C10H17N3. The highest BCUT2D eigenvalue weighted by Crippen LogP contribution is 2.03. The minimum atomic E-state index is 0.615. The second-order valence-corrected chi connectivity index (χ2v) is 3.58. The molecule has 3 heteroatoms. The Morgan fingerprint density at radius 1 is 1.62 bits per heavy atom. The van der Waals surface area contributed by atoms with Crippen LogP contribution in [-0.4, -0.2) is 14.8 Å². The first kappa shape index (κ1) is 9.96. The van der Waals surface area contributed by atoms with Crippen molar-refractivity contribution in [2.45, 2.75) is 33.2 Å². The third-order valence-electron chi connectivity index (χ3n) is 1.81. The van der Waals surface area contributed by atoms with Gasteiger partial charge in [-0.3, -0.25) is 0 Å². The van der Waals surface area contributed by atoms with E-state index in [0.29, 0.717) is 5.92 Å². The molecular weight excluding hydrogens is 162 g/mol. The van der Waals surface area contributed by atoms with Crippen LogP contribution in [-0.2, 0) is 13.0 Å². The summed E-state index contributed by atoms with van der Waals surface area (Å²) in [5.74, 6) is 1.68. The molecule has 0 atom stereocenters. The van der Waals surface area contributed by atoms with Gasteiger partial charge in [0.2, 0.25) is 0 Å². The fourth-order valence-corrected chi connectivity index (χ4v) is 1.21. The van der Waals surface area contributed by atoms with Crippen molar-refractivity contribution >= 4 is 0 Å². The fourth-order valence-electron chi connectivity index (χ4n) is 1.21. The Bertz CT molecular complexity index is 263. The Kier molecular flexibility index (Phi) is 3.68. The lowest BCUT2D eigenvalue weighted by molar-refractivity contribution is 0.466. The predicted octanol–water partition coefficient (Wildman–Crippen LogP) is 2.05. The lowest BCUT2D eigenvalue weighted by atomic mass is 10.2. The fraction of sp³-hybridized carbons (Fsp3) is 0.600. The van der Waals surface area contributed by atoms with E-state index < -0.39 is 0 Å². The summed E-state index contributed by atoms with van der Waals surface area (Å²) in [4.78, 5) is 4.21. The number of rotatable bonds is 5. The molecule has 0 bridgehead atoms. The lowest BCUT2D eigenvalue weighted by Crippen LogP contribution is -2.10. The van der Waals surface area contributed by atoms with Crippen LogP contribution in [0.2, 0.25) is 0 Å². The molecule has 1 aromatic heterocycles. The van der Waals surface area contributed by atoms with E-state index in [4.69, 9.17) is 0 Å². The number of aryl methyl sites for hydroxylation is 1. The molecule has 0 saturated carbocycles. The summed E-state index contributed by atoms with van der Waals surface area (Å²) in [6.07, 6.45) is 5.45. The van der Waals surface area contributed by atoms with Crippen molar-refractivity contribution in [3.05, 3.63) is 24.8 Å². The van der Waals surface area contributed by atoms with Crippen molar-refractivity contribution in [1.82, 2.24) is 14.8 Å². The topological polar surface area (TPSA) is 30.7 Å². The Balaban J connectivity index is 2.59. The zero-order valence-electron chi connectivity index (χ0n) is 8.40. The Morgan fingerprint density at radius 3 is 3.00 bits per heavy atom. The first-order valence-electron chi connectivity index (χ1n) is 4.71. The summed E-state index contributed by atoms with van der Waals surface area (Å²) in [5.41, 5.74) is 0. The van der Waals surface area contributed by atoms with Gasteiger partial charge in [-0.2, -0.15) is 5.10 Å². The van der Waals surface area contributed by atoms with Gasteiger partial charge in [0.1, 0.15) is 12.2 Å². The monoisotopic (exact) mass is 179 g/mol. The van der Waals surface area contributed by atoms with E-state index in [2.05, 4.69) is 30.5 Å². The molecule has 1 aromatic rings. The van der Waals surface area contributed by atoms with E-state index in [1.807, 2.05) is 10.8 Å². The second kappa shape index (κ2) is 4.80. The van der Waals surface area contributed by atoms with Gasteiger partial charge >= 0.3 is 0 Å². The summed E-state index contributed by atoms with van der Waals surface area (Å²) in [7, 11) is 0. The molecule has 0 saturated heterocycles. The minimum Gasteiger partial charge on any atom is -0.250 e. The van der Waals surface area contributed by atoms with Gasteiger partial charge in [-0.25, -0.2) is 9.67 Å². The third kappa shape index (κ3) is 3.01. The number of aromatic nitrogens is 3. The Labute approximate surface area is 79.5 Å². The summed E-state index contributed by atoms with van der Waals surface area (Å²) in [6, 6.07) is 0. The molecule has 0 unspecified atom stereocenters. The smallest absolute Gasteiger partial charge is 0.138 e. The average molecular weight is 179 g/mol. The van der Waals surface area contributed by atoms with Crippen LogP contribution in [0.1, 0.15) is 26.1 Å². The number of allylic oxidation sites excluding steroid dienone is 1. The van der Waals surface area contributed by atoms with E-state index >= 15 is 0 Å². The SMILES string of the molecule is C=CCCc1ncnn1CC(C)C. The molecule has 1 heterocycles. The molecule has 3 nitrogen and oxygen atoms in total. The Hall–Kier alpha value is -1.12. The first-order valence-corrected chi connectivity index (χ1v) is 4.71. The van der Waals surface area contributed by atoms with E-state index in [0.717, 1.165) is 25.2 Å². The highest BCUT2D eigenvalue weighted by Gasteiger charge is 2.04. The van der Waals surface area contributed by atoms with Crippen LogP contribution in [0.3, 0.4) is 0 Å². The van der Waals surface area contributed by atoms with Crippen LogP contribution in [0.5, 0.6) is 0 Å². The van der Waals surface area contributed by atoms with Crippen molar-refractivity contribution < 1.29 is 0 Å². The van der Waals surface area contributed by atoms with Crippen molar-refractivity contribution in [3.8, 4) is 0 Å². The summed E-state index contributed by atoms with van der Waals surface area (Å²) in [6.45, 7) is 9.00. The zero-order valence-corrected chi connectivity index (χ0v) is 8.40. The van der Waals surface area contributed by atoms with Crippen LogP contribution in [0, 0.1) is 5.92 Å². The van der Waals surface area contributed by atoms with Crippen LogP contribution < -0.4 is 0 Å². The molecule has 72 valence electrons. The normalized spacial score (nSPS) is 10.7. The zero-order chi connectivity index (χ0) is 9.68. The van der Waals surface area contributed by atoms with Gasteiger partial charge in [0.05, 0.1) is 0 Å². The molecule has 0 aliphatic rings. The third-order valence-corrected chi connectivity index (χ3v) is 1.81. The van der Waals surface area contributed by atoms with Crippen LogP contribution in [0.15, 0.2) is 19.0 Å². The van der Waals surface area contributed by atoms with Gasteiger partial charge in [-0.15, -0.1) is 6.58 Å². The van der Waals surface area contributed by atoms with E-state index in [1.54, 1.807) is 6.33 Å². The van der Waals surface area contributed by atoms with Gasteiger partial charge < -0.3 is 0 Å². The number of hydrogen-bond donors (Lipinski definition) is 0. The van der Waals surface area contributed by atoms with Gasteiger partial charge in [-0.1, -0.05) is 19.9 Å². The molecule has 0 radical (unpaired) electrons. The average Bonchev–Trinajstić information content (AvgIpc) is 2.48. The van der Waals surface area contributed by atoms with Gasteiger partial charge in [0, 0.05) is 13.0 Å². The van der Waals surface area contributed by atoms with Gasteiger partial charge in [-0.05, 0) is 12.3 Å². The standard InChI is InChI=1S/C10H17N3/c1-4-5-6-10-11-8-12-13(10)7-9(2)3/h4,8-9H,1,5-7H2,2-3H3. The molecule has 0 fully saturated rings. The van der Waals surface area contributed by atoms with E-state index in [-0.39, 0.29) is 0 Å². The minimum absolute atomic E-state index is 0.615. The van der Waals surface area contributed by atoms with Crippen LogP contribution in [0.25, 0.3) is 0 Å². The predicted molar refractivity (Wildman–Crippen MR) is 53.4 cm³/mol. The second-order valence-electron chi connectivity index (χ2n) is 3.58. The molecule has 0 amide bonds. The first-order chi connectivity index (χ1) is 6.24. The van der Waals surface area contributed by atoms with E-state index in [9.17, 15) is 0 Å². The molecule has 1 rings (SSSR count). The lowest BCUT2D eigenvalue weighted by Gasteiger charge is -2.07. The Morgan fingerprint density at radius 2 is 2.38 bits per heavy atom. The summed E-state index contributed by atoms with van der Waals surface area (Å²) in [5, 5.41) is 4.18. The van der Waals surface area contributed by atoms with Crippen molar-refractivity contribution in [3.63, 3.8) is 0 Å². The quantitative estimate of drug-likeness (QED) is 0.648. The molecule has 0 aliphatic heterocycles. The van der Waals surface area contributed by atoms with Crippen molar-refractivity contribution in [2.75, 3.05) is 0 Å².